The van der Waals surface area contributed by atoms with Gasteiger partial charge in [-0.25, -0.2) is 24.9 Å². The Bertz CT molecular complexity index is 8320. The van der Waals surface area contributed by atoms with Gasteiger partial charge in [-0.05, 0) is 223 Å². The third-order valence-electron chi connectivity index (χ3n) is 24.1. The number of nitrogens with zero attached hydrogens (tertiary/aromatic N) is 13. The molecular weight excluding hydrogens is 1890 g/mol. The van der Waals surface area contributed by atoms with Crippen LogP contribution in [0.4, 0.5) is 41.6 Å². The second kappa shape index (κ2) is 47.1. The molecule has 0 saturated heterocycles. The summed E-state index contributed by atoms with van der Waals surface area (Å²) in [4.78, 5) is 125. The number of pyridine rings is 10. The van der Waals surface area contributed by atoms with Crippen LogP contribution in [0.25, 0.3) is 166 Å². The number of ether oxygens (including phenoxy) is 1. The summed E-state index contributed by atoms with van der Waals surface area (Å²) in [6, 6.07) is 57.8. The molecule has 15 heterocycles. The molecule has 0 aliphatic rings. The van der Waals surface area contributed by atoms with Crippen molar-refractivity contribution in [3.63, 3.8) is 0 Å². The van der Waals surface area contributed by atoms with Crippen LogP contribution >= 0.6 is 0 Å². The van der Waals surface area contributed by atoms with Crippen LogP contribution in [0.3, 0.4) is 0 Å². The topological polar surface area (TPSA) is 360 Å². The fourth-order valence-electron chi connectivity index (χ4n) is 16.7. The van der Waals surface area contributed by atoms with Gasteiger partial charge in [-0.1, -0.05) is 121 Å². The van der Waals surface area contributed by atoms with Crippen LogP contribution in [0.2, 0.25) is 0 Å². The standard InChI is InChI=1S/C25H23N3O2.C24H18F3N3O.2C24H24N6O.C22H18N4O/c1-5-24(29)28(3)20-10-18(11-21(13-20)30-4)19-12-22-23(15-27-25(22)26-14-19)17-8-6-7-16(2)9-17;1-3-22(31)30-19-9-16(8-18(11-19)24(25,26)27)17-10-20-21(13-29-23(20)28-12-17)15-6-4-5-14(2)7-15;2*1-16-9-17(6-7-26-16)22-15-28-24-21(22)11-19(13-27-24)18-10-20(14-25-12-18)29-23(31)5-4-8-30(2)3;1-3-21(27)26-18-8-16(10-23-12-18)17-9-19-20(13-25-22(19)24-11-17)15-6-4-5-14(2)7-15/h5-15H,1H2,2-4H3,(H,26,27);3-13H,1H2,2H3,(H,28,29)(H,30,31);2*4-7,9-15H,8H2,1-3H3,(H,27,28)(H,29,31);3-13H,1H2,2H3,(H,24,25)(H,26,27)/b;;2*5-4+;. The van der Waals surface area contributed by atoms with Crippen molar-refractivity contribution < 1.29 is 41.9 Å². The number of alkyl halides is 3. The molecule has 9 N–H and O–H groups in total. The number of aryl methyl sites for hydroxylation is 5. The van der Waals surface area contributed by atoms with E-state index in [4.69, 9.17) is 4.74 Å². The molecule has 0 aliphatic carbocycles. The van der Waals surface area contributed by atoms with Crippen molar-refractivity contribution in [3.05, 3.63) is 389 Å². The molecule has 20 aromatic rings. The minimum atomic E-state index is -4.57. The van der Waals surface area contributed by atoms with E-state index < -0.39 is 17.6 Å². The lowest BCUT2D eigenvalue weighted by atomic mass is 9.99. The van der Waals surface area contributed by atoms with Gasteiger partial charge in [0, 0.05) is 253 Å². The molecule has 750 valence electrons. The van der Waals surface area contributed by atoms with Gasteiger partial charge in [0.05, 0.1) is 48.3 Å². The van der Waals surface area contributed by atoms with Crippen molar-refractivity contribution in [3.8, 4) is 117 Å². The van der Waals surface area contributed by atoms with Gasteiger partial charge in [0.25, 0.3) is 0 Å². The molecule has 15 aromatic heterocycles. The number of hydrogen-bond acceptors (Lipinski definition) is 18. The number of benzene rings is 5. The lowest BCUT2D eigenvalue weighted by Gasteiger charge is -2.18. The third kappa shape index (κ3) is 26.0. The molecule has 0 bridgehead atoms. The Morgan fingerprint density at radius 3 is 0.980 bits per heavy atom. The maximum absolute atomic E-state index is 13.5. The number of H-pyrrole nitrogens is 5. The largest absolute Gasteiger partial charge is 0.497 e. The average molecular weight is 2000 g/mol. The summed E-state index contributed by atoms with van der Waals surface area (Å²) in [5.41, 5.74) is 29.9. The van der Waals surface area contributed by atoms with Crippen molar-refractivity contribution in [1.82, 2.24) is 84.6 Å². The molecule has 0 aliphatic heterocycles. The highest BCUT2D eigenvalue weighted by Gasteiger charge is 2.32. The molecule has 0 fully saturated rings. The van der Waals surface area contributed by atoms with Crippen LogP contribution in [-0.2, 0) is 30.1 Å². The first-order valence-electron chi connectivity index (χ1n) is 47.6. The van der Waals surface area contributed by atoms with Crippen molar-refractivity contribution in [2.75, 3.05) is 81.6 Å². The van der Waals surface area contributed by atoms with Crippen LogP contribution in [-0.4, -0.2) is 170 Å². The summed E-state index contributed by atoms with van der Waals surface area (Å²) >= 11 is 0. The molecule has 0 spiro atoms. The minimum absolute atomic E-state index is 0.0304. The smallest absolute Gasteiger partial charge is 0.416 e. The normalized spacial score (nSPS) is 11.2. The number of amides is 5. The number of carbonyl (C=O) groups is 5. The minimum Gasteiger partial charge on any atom is -0.497 e. The second-order valence-electron chi connectivity index (χ2n) is 36.0. The first-order valence-corrected chi connectivity index (χ1v) is 47.6. The monoisotopic (exact) mass is 2000 g/mol. The zero-order chi connectivity index (χ0) is 106. The zero-order valence-corrected chi connectivity index (χ0v) is 84.2. The number of rotatable bonds is 25. The summed E-state index contributed by atoms with van der Waals surface area (Å²) in [6.07, 6.45) is 37.9. The molecule has 150 heavy (non-hydrogen) atoms. The number of methoxy groups -OCH3 is 1. The highest BCUT2D eigenvalue weighted by molar-refractivity contribution is 6.06. The van der Waals surface area contributed by atoms with E-state index in [1.807, 2.05) is 193 Å². The predicted molar refractivity (Wildman–Crippen MR) is 593 cm³/mol. The quantitative estimate of drug-likeness (QED) is 0.0240. The van der Waals surface area contributed by atoms with Crippen molar-refractivity contribution in [2.45, 2.75) is 40.8 Å². The molecule has 5 aromatic carbocycles. The lowest BCUT2D eigenvalue weighted by molar-refractivity contribution is -0.137. The summed E-state index contributed by atoms with van der Waals surface area (Å²) in [7, 11) is 11.1. The number of fused-ring (bicyclic) bond motifs is 5. The molecule has 20 rings (SSSR count). The van der Waals surface area contributed by atoms with Crippen LogP contribution < -0.4 is 30.9 Å². The summed E-state index contributed by atoms with van der Waals surface area (Å²) in [5.74, 6) is -0.749. The van der Waals surface area contributed by atoms with Gasteiger partial charge < -0.3 is 65.6 Å². The van der Waals surface area contributed by atoms with E-state index in [1.165, 1.54) is 47.7 Å². The maximum Gasteiger partial charge on any atom is 0.416 e. The van der Waals surface area contributed by atoms with Crippen LogP contribution in [0.5, 0.6) is 5.75 Å². The molecule has 0 atom stereocenters. The molecular formula is C119H107F3N22O6. The first-order chi connectivity index (χ1) is 72.4. The Kier molecular flexibility index (Phi) is 32.6. The van der Waals surface area contributed by atoms with E-state index >= 15 is 0 Å². The first kappa shape index (κ1) is 104. The van der Waals surface area contributed by atoms with E-state index in [-0.39, 0.29) is 29.3 Å². The molecule has 0 saturated carbocycles. The van der Waals surface area contributed by atoms with E-state index in [0.717, 1.165) is 191 Å². The van der Waals surface area contributed by atoms with Gasteiger partial charge in [-0.3, -0.25) is 48.9 Å². The summed E-state index contributed by atoms with van der Waals surface area (Å²) in [6.45, 7) is 21.9. The number of aromatic amines is 5. The number of hydrogen-bond donors (Lipinski definition) is 9. The number of nitrogens with one attached hydrogen (secondary N) is 9. The molecule has 31 heteroatoms. The van der Waals surface area contributed by atoms with Gasteiger partial charge in [0.1, 0.15) is 34.0 Å². The number of aromatic nitrogens is 15. The zero-order valence-electron chi connectivity index (χ0n) is 84.2. The van der Waals surface area contributed by atoms with Gasteiger partial charge in [0.2, 0.25) is 29.5 Å². The molecule has 0 unspecified atom stereocenters. The lowest BCUT2D eigenvalue weighted by Crippen LogP contribution is -2.23. The molecule has 5 amide bonds. The van der Waals surface area contributed by atoms with Gasteiger partial charge >= 0.3 is 6.18 Å². The maximum atomic E-state index is 13.5. The third-order valence-corrected chi connectivity index (χ3v) is 24.1. The Morgan fingerprint density at radius 1 is 0.340 bits per heavy atom. The van der Waals surface area contributed by atoms with E-state index in [9.17, 15) is 37.1 Å². The number of likely N-dealkylation sites (N-methyl/N-ethyl adjacent to an activating group) is 3. The van der Waals surface area contributed by atoms with Gasteiger partial charge in [0.15, 0.2) is 0 Å². The summed E-state index contributed by atoms with van der Waals surface area (Å²) < 4.78 is 45.8. The number of halogens is 3. The average Bonchev–Trinajstić information content (AvgIpc) is 1.67. The van der Waals surface area contributed by atoms with E-state index in [2.05, 4.69) is 215 Å². The van der Waals surface area contributed by atoms with Crippen LogP contribution in [0.1, 0.15) is 33.6 Å². The number of carbonyl (C=O) groups excluding carboxylic acids is 5. The highest BCUT2D eigenvalue weighted by Crippen LogP contribution is 2.42. The fraction of sp³-hybridized carbons (Fsp3) is 0.118. The van der Waals surface area contributed by atoms with E-state index in [1.54, 1.807) is 80.9 Å². The van der Waals surface area contributed by atoms with Crippen molar-refractivity contribution >= 4 is 113 Å². The highest BCUT2D eigenvalue weighted by atomic mass is 19.4. The Morgan fingerprint density at radius 2 is 0.660 bits per heavy atom. The van der Waals surface area contributed by atoms with E-state index in [0.29, 0.717) is 52.7 Å². The van der Waals surface area contributed by atoms with Crippen molar-refractivity contribution in [1.29, 1.82) is 0 Å². The van der Waals surface area contributed by atoms with Crippen LogP contribution in [0, 0.1) is 34.6 Å². The van der Waals surface area contributed by atoms with Crippen LogP contribution in [0.15, 0.2) is 356 Å². The Balaban J connectivity index is 0.000000134. The summed E-state index contributed by atoms with van der Waals surface area (Å²) in [5, 5.41) is 15.8. The Labute approximate surface area is 863 Å². The Hall–Kier alpha value is -19.1. The molecule has 0 radical (unpaired) electrons. The predicted octanol–water partition coefficient (Wildman–Crippen LogP) is 24.5. The molecule has 28 nitrogen and oxygen atoms in total. The number of anilines is 5. The SMILES string of the molecule is C=CC(=O)N(C)c1cc(OC)cc(-c2cnc3[nH]cc(-c4cccc(C)c4)c3c2)c1.C=CC(=O)Nc1cc(-c2cnc3[nH]cc(-c4cccc(C)c4)c3c2)cc(C(F)(F)F)c1.C=CC(=O)Nc1cncc(-c2cnc3[nH]cc(-c4cccc(C)c4)c3c2)c1.Cc1cc(-c2c[nH]c3ncc(-c4cncc(NC(=O)/C=C/CN(C)C)c4)cc23)ccn1.Cc1cc(-c2c[nH]c3ncc(-c4cncc(NC(=O)/C=C/CN(C)C)c4)cc23)ccn1. The van der Waals surface area contributed by atoms with Gasteiger partial charge in [-0.15, -0.1) is 0 Å². The second-order valence-corrected chi connectivity index (χ2v) is 36.0. The fourth-order valence-corrected chi connectivity index (χ4v) is 16.7. The van der Waals surface area contributed by atoms with Gasteiger partial charge in [-0.2, -0.15) is 13.2 Å². The van der Waals surface area contributed by atoms with Crippen molar-refractivity contribution in [2.24, 2.45) is 0 Å².